The Morgan fingerprint density at radius 2 is 1.64 bits per heavy atom. The average molecular weight is 677 g/mol. The Bertz CT molecular complexity index is 1890. The molecule has 1 N–H and O–H groups in total. The predicted molar refractivity (Wildman–Crippen MR) is 170 cm³/mol. The number of hydrogen-bond acceptors (Lipinski definition) is 6. The SMILES string of the molecule is COc1ccc(-c2cccc(S(C)(=O)=O)c2)cc1CN(C(=O)c1sc2c(F)ccc(F)c2c1Cl)C1CCC(N(C)C(=O)O)CC1. The molecule has 0 atom stereocenters. The third-order valence-corrected chi connectivity index (χ3v) is 11.1. The van der Waals surface area contributed by atoms with Crippen LogP contribution in [0.1, 0.15) is 40.9 Å². The number of carboxylic acid groups (broad SMARTS) is 1. The van der Waals surface area contributed by atoms with Crippen molar-refractivity contribution in [3.8, 4) is 16.9 Å². The number of benzene rings is 3. The molecule has 13 heteroatoms. The molecule has 0 saturated heterocycles. The smallest absolute Gasteiger partial charge is 0.407 e. The van der Waals surface area contributed by atoms with E-state index in [-0.39, 0.29) is 43.5 Å². The van der Waals surface area contributed by atoms with E-state index in [0.29, 0.717) is 48.1 Å². The Kier molecular flexibility index (Phi) is 9.39. The molecule has 3 aromatic carbocycles. The van der Waals surface area contributed by atoms with Crippen LogP contribution < -0.4 is 4.74 Å². The van der Waals surface area contributed by atoms with Gasteiger partial charge in [0.2, 0.25) is 0 Å². The standard InChI is InChI=1S/C32H31ClF2N2O6S2/c1-36(32(39)40)21-8-10-22(11-9-21)37(31(38)30-28(33)27-24(34)12-13-25(35)29(27)44-30)17-20-15-19(7-14-26(20)43-2)18-5-4-6-23(16-18)45(3,41)42/h4-7,12-16,21-22H,8-11,17H2,1-3H3,(H,39,40). The highest BCUT2D eigenvalue weighted by Gasteiger charge is 2.35. The van der Waals surface area contributed by atoms with Crippen LogP contribution in [0.4, 0.5) is 13.6 Å². The minimum atomic E-state index is -3.45. The molecule has 4 aromatic rings. The van der Waals surface area contributed by atoms with E-state index in [4.69, 9.17) is 16.3 Å². The van der Waals surface area contributed by atoms with E-state index in [2.05, 4.69) is 0 Å². The van der Waals surface area contributed by atoms with E-state index in [1.165, 1.54) is 25.1 Å². The molecule has 45 heavy (non-hydrogen) atoms. The molecule has 1 aliphatic carbocycles. The molecule has 1 fully saturated rings. The second kappa shape index (κ2) is 12.9. The summed E-state index contributed by atoms with van der Waals surface area (Å²) in [6, 6.07) is 13.3. The molecule has 2 amide bonds. The highest BCUT2D eigenvalue weighted by atomic mass is 35.5. The molecule has 1 aliphatic rings. The van der Waals surface area contributed by atoms with Crippen molar-refractivity contribution in [2.24, 2.45) is 0 Å². The molecule has 0 spiro atoms. The van der Waals surface area contributed by atoms with Crippen molar-refractivity contribution < 1.29 is 36.6 Å². The van der Waals surface area contributed by atoms with Crippen molar-refractivity contribution in [1.29, 1.82) is 0 Å². The van der Waals surface area contributed by atoms with Crippen LogP contribution in [-0.2, 0) is 16.4 Å². The van der Waals surface area contributed by atoms with Gasteiger partial charge in [0.15, 0.2) is 9.84 Å². The number of carbonyl (C=O) groups excluding carboxylic acids is 1. The van der Waals surface area contributed by atoms with E-state index >= 15 is 0 Å². The number of sulfone groups is 1. The second-order valence-corrected chi connectivity index (χ2v) is 14.5. The van der Waals surface area contributed by atoms with Crippen molar-refractivity contribution in [2.75, 3.05) is 20.4 Å². The molecular weight excluding hydrogens is 646 g/mol. The lowest BCUT2D eigenvalue weighted by molar-refractivity contribution is 0.0555. The van der Waals surface area contributed by atoms with Crippen LogP contribution in [0, 0.1) is 11.6 Å². The third-order valence-electron chi connectivity index (χ3n) is 8.31. The summed E-state index contributed by atoms with van der Waals surface area (Å²) in [5, 5.41) is 9.15. The van der Waals surface area contributed by atoms with Crippen molar-refractivity contribution in [3.05, 3.63) is 81.7 Å². The van der Waals surface area contributed by atoms with Gasteiger partial charge < -0.3 is 19.6 Å². The number of hydrogen-bond donors (Lipinski definition) is 1. The number of methoxy groups -OCH3 is 1. The maximum atomic E-state index is 14.7. The lowest BCUT2D eigenvalue weighted by atomic mass is 9.89. The summed E-state index contributed by atoms with van der Waals surface area (Å²) in [6.45, 7) is 0.0429. The van der Waals surface area contributed by atoms with Crippen LogP contribution in [-0.4, -0.2) is 67.8 Å². The fourth-order valence-electron chi connectivity index (χ4n) is 5.82. The van der Waals surface area contributed by atoms with Gasteiger partial charge >= 0.3 is 6.09 Å². The zero-order chi connectivity index (χ0) is 32.6. The second-order valence-electron chi connectivity index (χ2n) is 11.1. The molecule has 8 nitrogen and oxygen atoms in total. The zero-order valence-electron chi connectivity index (χ0n) is 24.7. The van der Waals surface area contributed by atoms with Gasteiger partial charge in [0.1, 0.15) is 22.3 Å². The van der Waals surface area contributed by atoms with Gasteiger partial charge in [-0.3, -0.25) is 4.79 Å². The number of amides is 2. The Morgan fingerprint density at radius 3 is 2.27 bits per heavy atom. The molecule has 0 radical (unpaired) electrons. The quantitative estimate of drug-likeness (QED) is 0.208. The molecule has 1 aromatic heterocycles. The molecule has 0 unspecified atom stereocenters. The van der Waals surface area contributed by atoms with Gasteiger partial charge in [0.25, 0.3) is 5.91 Å². The van der Waals surface area contributed by atoms with E-state index in [9.17, 15) is 31.9 Å². The van der Waals surface area contributed by atoms with E-state index < -0.39 is 33.5 Å². The first-order chi connectivity index (χ1) is 21.3. The van der Waals surface area contributed by atoms with Gasteiger partial charge in [-0.25, -0.2) is 22.0 Å². The van der Waals surface area contributed by atoms with Crippen molar-refractivity contribution >= 4 is 54.9 Å². The number of ether oxygens (including phenoxy) is 1. The average Bonchev–Trinajstić information content (AvgIpc) is 3.38. The van der Waals surface area contributed by atoms with E-state index in [1.54, 1.807) is 35.2 Å². The highest BCUT2D eigenvalue weighted by Crippen LogP contribution is 2.41. The number of halogens is 3. The summed E-state index contributed by atoms with van der Waals surface area (Å²) in [4.78, 5) is 28.9. The fourth-order valence-corrected chi connectivity index (χ4v) is 7.99. The summed E-state index contributed by atoms with van der Waals surface area (Å²) in [5.41, 5.74) is 1.96. The summed E-state index contributed by atoms with van der Waals surface area (Å²) < 4.78 is 59.4. The maximum Gasteiger partial charge on any atom is 0.407 e. The molecular formula is C32H31ClF2N2O6S2. The Balaban J connectivity index is 1.56. The van der Waals surface area contributed by atoms with E-state index in [0.717, 1.165) is 29.7 Å². The Morgan fingerprint density at radius 1 is 1.00 bits per heavy atom. The first-order valence-electron chi connectivity index (χ1n) is 14.1. The fraction of sp³-hybridized carbons (Fsp3) is 0.312. The number of rotatable bonds is 8. The monoisotopic (exact) mass is 676 g/mol. The summed E-state index contributed by atoms with van der Waals surface area (Å²) >= 11 is 7.33. The summed E-state index contributed by atoms with van der Waals surface area (Å²) in [5.74, 6) is -1.45. The van der Waals surface area contributed by atoms with Crippen LogP contribution in [0.3, 0.4) is 0 Å². The lowest BCUT2D eigenvalue weighted by Gasteiger charge is -2.39. The number of carbonyl (C=O) groups is 2. The topological polar surface area (TPSA) is 104 Å². The van der Waals surface area contributed by atoms with Gasteiger partial charge in [-0.05, 0) is 73.2 Å². The van der Waals surface area contributed by atoms with Gasteiger partial charge in [0, 0.05) is 37.5 Å². The first kappa shape index (κ1) is 32.6. The van der Waals surface area contributed by atoms with Crippen molar-refractivity contribution in [2.45, 2.75) is 49.2 Å². The molecule has 1 heterocycles. The number of fused-ring (bicyclic) bond motifs is 1. The predicted octanol–water partition coefficient (Wildman–Crippen LogP) is 7.48. The molecule has 0 bridgehead atoms. The minimum Gasteiger partial charge on any atom is -0.496 e. The Labute approximate surface area is 268 Å². The van der Waals surface area contributed by atoms with Crippen molar-refractivity contribution in [3.63, 3.8) is 0 Å². The lowest BCUT2D eigenvalue weighted by Crippen LogP contribution is -2.46. The van der Waals surface area contributed by atoms with Gasteiger partial charge in [-0.2, -0.15) is 0 Å². The van der Waals surface area contributed by atoms with Crippen LogP contribution in [0.5, 0.6) is 5.75 Å². The minimum absolute atomic E-state index is 0.00332. The van der Waals surface area contributed by atoms with Crippen LogP contribution in [0.2, 0.25) is 5.02 Å². The zero-order valence-corrected chi connectivity index (χ0v) is 27.1. The molecule has 1 saturated carbocycles. The normalized spacial score (nSPS) is 16.8. The third kappa shape index (κ3) is 6.63. The number of nitrogens with zero attached hydrogens (tertiary/aromatic N) is 2. The summed E-state index contributed by atoms with van der Waals surface area (Å²) in [7, 11) is -0.436. The number of thiophene rings is 1. The molecule has 0 aliphatic heterocycles. The van der Waals surface area contributed by atoms with Crippen LogP contribution in [0.15, 0.2) is 59.5 Å². The first-order valence-corrected chi connectivity index (χ1v) is 17.2. The van der Waals surface area contributed by atoms with Crippen LogP contribution in [0.25, 0.3) is 21.2 Å². The Hall–Kier alpha value is -3.74. The van der Waals surface area contributed by atoms with Crippen LogP contribution >= 0.6 is 22.9 Å². The van der Waals surface area contributed by atoms with Gasteiger partial charge in [-0.1, -0.05) is 29.8 Å². The molecule has 238 valence electrons. The van der Waals surface area contributed by atoms with Crippen molar-refractivity contribution in [1.82, 2.24) is 9.80 Å². The summed E-state index contributed by atoms with van der Waals surface area (Å²) in [6.07, 6.45) is 2.09. The van der Waals surface area contributed by atoms with Gasteiger partial charge in [0.05, 0.1) is 27.1 Å². The molecule has 5 rings (SSSR count). The van der Waals surface area contributed by atoms with Gasteiger partial charge in [-0.15, -0.1) is 11.3 Å². The highest BCUT2D eigenvalue weighted by molar-refractivity contribution is 7.90. The van der Waals surface area contributed by atoms with E-state index in [1.807, 2.05) is 6.07 Å². The maximum absolute atomic E-state index is 14.7. The largest absolute Gasteiger partial charge is 0.496 e.